The third-order valence-corrected chi connectivity index (χ3v) is 5.54. The molecule has 4 rings (SSSR count). The number of nitrogens with zero attached hydrogens (tertiary/aromatic N) is 3. The second kappa shape index (κ2) is 7.50. The number of carbonyl (C=O) groups excluding carboxylic acids is 1. The van der Waals surface area contributed by atoms with Crippen LogP contribution in [0.4, 0.5) is 5.69 Å². The normalized spacial score (nSPS) is 19.6. The average molecular weight is 354 g/mol. The van der Waals surface area contributed by atoms with Gasteiger partial charge in [0.15, 0.2) is 5.69 Å². The first-order valence-corrected chi connectivity index (χ1v) is 9.55. The zero-order valence-corrected chi connectivity index (χ0v) is 15.1. The van der Waals surface area contributed by atoms with Gasteiger partial charge in [0.1, 0.15) is 6.26 Å². The summed E-state index contributed by atoms with van der Waals surface area (Å²) in [6, 6.07) is 7.92. The minimum atomic E-state index is -0.0347. The number of likely N-dealkylation sites (tertiary alicyclic amines) is 2. The lowest BCUT2D eigenvalue weighted by Crippen LogP contribution is -2.48. The molecule has 2 aromatic rings. The van der Waals surface area contributed by atoms with E-state index in [0.29, 0.717) is 23.3 Å². The van der Waals surface area contributed by atoms with E-state index in [1.165, 1.54) is 38.6 Å². The lowest BCUT2D eigenvalue weighted by Gasteiger charge is -2.40. The van der Waals surface area contributed by atoms with E-state index in [1.807, 2.05) is 17.0 Å². The van der Waals surface area contributed by atoms with Crippen molar-refractivity contribution in [2.45, 2.75) is 38.1 Å². The SMILES string of the molecule is Nc1ccc(-c2nc(C(=O)N3CCC(N4CCCCC4)CC3)co2)cc1. The van der Waals surface area contributed by atoms with Crippen LogP contribution in [0.15, 0.2) is 34.9 Å². The van der Waals surface area contributed by atoms with Crippen LogP contribution in [0, 0.1) is 0 Å². The van der Waals surface area contributed by atoms with Crippen molar-refractivity contribution < 1.29 is 9.21 Å². The molecule has 2 aliphatic heterocycles. The Morgan fingerprint density at radius 2 is 1.73 bits per heavy atom. The van der Waals surface area contributed by atoms with Gasteiger partial charge in [-0.05, 0) is 63.0 Å². The highest BCUT2D eigenvalue weighted by Crippen LogP contribution is 2.24. The molecule has 2 fully saturated rings. The predicted molar refractivity (Wildman–Crippen MR) is 101 cm³/mol. The summed E-state index contributed by atoms with van der Waals surface area (Å²) in [6.07, 6.45) is 7.54. The molecule has 0 atom stereocenters. The Balaban J connectivity index is 1.37. The van der Waals surface area contributed by atoms with Crippen molar-refractivity contribution in [1.82, 2.24) is 14.8 Å². The first-order chi connectivity index (χ1) is 12.7. The number of hydrogen-bond acceptors (Lipinski definition) is 5. The lowest BCUT2D eigenvalue weighted by molar-refractivity contribution is 0.0585. The van der Waals surface area contributed by atoms with E-state index in [1.54, 1.807) is 12.1 Å². The van der Waals surface area contributed by atoms with Crippen LogP contribution >= 0.6 is 0 Å². The summed E-state index contributed by atoms with van der Waals surface area (Å²) in [5, 5.41) is 0. The molecule has 0 aliphatic carbocycles. The van der Waals surface area contributed by atoms with Crippen LogP contribution in [0.3, 0.4) is 0 Å². The Morgan fingerprint density at radius 3 is 2.42 bits per heavy atom. The molecule has 6 nitrogen and oxygen atoms in total. The standard InChI is InChI=1S/C20H26N4O2/c21-16-6-4-15(5-7-16)19-22-18(14-26-19)20(25)24-12-8-17(9-13-24)23-10-2-1-3-11-23/h4-7,14,17H,1-3,8-13,21H2. The summed E-state index contributed by atoms with van der Waals surface area (Å²) in [5.74, 6) is 0.420. The van der Waals surface area contributed by atoms with E-state index in [4.69, 9.17) is 10.2 Å². The summed E-state index contributed by atoms with van der Waals surface area (Å²) >= 11 is 0. The number of piperidine rings is 2. The van der Waals surface area contributed by atoms with Crippen molar-refractivity contribution in [3.05, 3.63) is 36.2 Å². The Hall–Kier alpha value is -2.34. The van der Waals surface area contributed by atoms with Crippen molar-refractivity contribution in [2.75, 3.05) is 31.9 Å². The van der Waals surface area contributed by atoms with Gasteiger partial charge in [-0.25, -0.2) is 4.98 Å². The fraction of sp³-hybridized carbons (Fsp3) is 0.500. The number of carbonyl (C=O) groups is 1. The molecule has 6 heteroatoms. The summed E-state index contributed by atoms with van der Waals surface area (Å²) in [5.41, 5.74) is 7.60. The van der Waals surface area contributed by atoms with Crippen LogP contribution in [0.5, 0.6) is 0 Å². The molecular weight excluding hydrogens is 328 g/mol. The maximum Gasteiger partial charge on any atom is 0.275 e. The number of aromatic nitrogens is 1. The van der Waals surface area contributed by atoms with Gasteiger partial charge in [-0.2, -0.15) is 0 Å². The van der Waals surface area contributed by atoms with E-state index >= 15 is 0 Å². The van der Waals surface area contributed by atoms with E-state index in [0.717, 1.165) is 31.5 Å². The second-order valence-corrected chi connectivity index (χ2v) is 7.28. The smallest absolute Gasteiger partial charge is 0.275 e. The summed E-state index contributed by atoms with van der Waals surface area (Å²) < 4.78 is 5.51. The third-order valence-electron chi connectivity index (χ3n) is 5.54. The van der Waals surface area contributed by atoms with E-state index in [2.05, 4.69) is 9.88 Å². The number of nitrogen functional groups attached to an aromatic ring is 1. The minimum absolute atomic E-state index is 0.0347. The summed E-state index contributed by atoms with van der Waals surface area (Å²) in [6.45, 7) is 4.02. The van der Waals surface area contributed by atoms with Crippen molar-refractivity contribution in [3.8, 4) is 11.5 Å². The Labute approximate surface area is 154 Å². The largest absolute Gasteiger partial charge is 0.444 e. The van der Waals surface area contributed by atoms with Gasteiger partial charge >= 0.3 is 0 Å². The van der Waals surface area contributed by atoms with Gasteiger partial charge in [-0.1, -0.05) is 6.42 Å². The zero-order valence-electron chi connectivity index (χ0n) is 15.1. The molecule has 0 bridgehead atoms. The number of nitrogens with two attached hydrogens (primary N) is 1. The maximum atomic E-state index is 12.8. The van der Waals surface area contributed by atoms with Gasteiger partial charge in [-0.15, -0.1) is 0 Å². The van der Waals surface area contributed by atoms with E-state index in [9.17, 15) is 4.79 Å². The van der Waals surface area contributed by atoms with Crippen LogP contribution in [0.1, 0.15) is 42.6 Å². The van der Waals surface area contributed by atoms with Crippen LogP contribution < -0.4 is 5.73 Å². The van der Waals surface area contributed by atoms with Gasteiger partial charge in [0.25, 0.3) is 5.91 Å². The van der Waals surface area contributed by atoms with Gasteiger partial charge < -0.3 is 20.0 Å². The minimum Gasteiger partial charge on any atom is -0.444 e. The fourth-order valence-electron chi connectivity index (χ4n) is 4.01. The average Bonchev–Trinajstić information content (AvgIpc) is 3.19. The Bertz CT molecular complexity index is 741. The molecule has 2 saturated heterocycles. The van der Waals surface area contributed by atoms with Gasteiger partial charge in [-0.3, -0.25) is 4.79 Å². The van der Waals surface area contributed by atoms with Gasteiger partial charge in [0.2, 0.25) is 5.89 Å². The molecular formula is C20H26N4O2. The molecule has 0 unspecified atom stereocenters. The number of amides is 1. The molecule has 2 aliphatic rings. The summed E-state index contributed by atoms with van der Waals surface area (Å²) in [7, 11) is 0. The molecule has 0 saturated carbocycles. The van der Waals surface area contributed by atoms with Crippen LogP contribution in [-0.2, 0) is 0 Å². The van der Waals surface area contributed by atoms with Crippen molar-refractivity contribution in [1.29, 1.82) is 0 Å². The lowest BCUT2D eigenvalue weighted by atomic mass is 10.00. The fourth-order valence-corrected chi connectivity index (χ4v) is 4.01. The highest BCUT2D eigenvalue weighted by atomic mass is 16.3. The van der Waals surface area contributed by atoms with Gasteiger partial charge in [0.05, 0.1) is 0 Å². The quantitative estimate of drug-likeness (QED) is 0.858. The third kappa shape index (κ3) is 3.60. The van der Waals surface area contributed by atoms with Crippen LogP contribution in [0.25, 0.3) is 11.5 Å². The maximum absolute atomic E-state index is 12.8. The molecule has 0 radical (unpaired) electrons. The zero-order chi connectivity index (χ0) is 17.9. The highest BCUT2D eigenvalue weighted by Gasteiger charge is 2.29. The monoisotopic (exact) mass is 354 g/mol. The molecule has 26 heavy (non-hydrogen) atoms. The highest BCUT2D eigenvalue weighted by molar-refractivity contribution is 5.92. The molecule has 138 valence electrons. The molecule has 1 aromatic carbocycles. The number of benzene rings is 1. The Morgan fingerprint density at radius 1 is 1.04 bits per heavy atom. The topological polar surface area (TPSA) is 75.6 Å². The molecule has 1 amide bonds. The van der Waals surface area contributed by atoms with Crippen molar-refractivity contribution in [3.63, 3.8) is 0 Å². The van der Waals surface area contributed by atoms with E-state index < -0.39 is 0 Å². The summed E-state index contributed by atoms with van der Waals surface area (Å²) in [4.78, 5) is 21.7. The number of oxazole rings is 1. The van der Waals surface area contributed by atoms with Crippen molar-refractivity contribution in [2.24, 2.45) is 0 Å². The Kier molecular flexibility index (Phi) is 4.93. The first-order valence-electron chi connectivity index (χ1n) is 9.55. The van der Waals surface area contributed by atoms with E-state index in [-0.39, 0.29) is 5.91 Å². The molecule has 0 spiro atoms. The number of hydrogen-bond donors (Lipinski definition) is 1. The number of anilines is 1. The van der Waals surface area contributed by atoms with Gasteiger partial charge in [0, 0.05) is 30.4 Å². The molecule has 3 heterocycles. The first kappa shape index (κ1) is 17.1. The van der Waals surface area contributed by atoms with Crippen LogP contribution in [-0.4, -0.2) is 52.9 Å². The van der Waals surface area contributed by atoms with Crippen molar-refractivity contribution >= 4 is 11.6 Å². The molecule has 1 aromatic heterocycles. The second-order valence-electron chi connectivity index (χ2n) is 7.28. The predicted octanol–water partition coefficient (Wildman–Crippen LogP) is 3.01. The number of rotatable bonds is 3. The molecule has 2 N–H and O–H groups in total. The van der Waals surface area contributed by atoms with Crippen LogP contribution in [0.2, 0.25) is 0 Å².